The molecule has 7 heteroatoms. The molecule has 21 heavy (non-hydrogen) atoms. The van der Waals surface area contributed by atoms with Crippen molar-refractivity contribution in [3.05, 3.63) is 42.0 Å². The highest BCUT2D eigenvalue weighted by Crippen LogP contribution is 2.32. The van der Waals surface area contributed by atoms with Crippen molar-refractivity contribution in [3.63, 3.8) is 0 Å². The van der Waals surface area contributed by atoms with Crippen LogP contribution in [0.15, 0.2) is 41.3 Å². The van der Waals surface area contributed by atoms with E-state index in [2.05, 4.69) is 5.32 Å². The number of nitrogens with one attached hydrogen (secondary N) is 1. The van der Waals surface area contributed by atoms with Gasteiger partial charge in [0.25, 0.3) is 0 Å². The summed E-state index contributed by atoms with van der Waals surface area (Å²) in [5.41, 5.74) is 7.82. The lowest BCUT2D eigenvalue weighted by atomic mass is 10.1. The molecule has 0 aliphatic rings. The van der Waals surface area contributed by atoms with Crippen LogP contribution in [-0.4, -0.2) is 15.5 Å². The molecule has 0 unspecified atom stereocenters. The maximum Gasteiger partial charge on any atom is 0.238 e. The Balaban J connectivity index is 2.53. The van der Waals surface area contributed by atoms with E-state index < -0.39 is 10.0 Å². The quantitative estimate of drug-likeness (QED) is 0.749. The van der Waals surface area contributed by atoms with Gasteiger partial charge in [-0.15, -0.1) is 0 Å². The Morgan fingerprint density at radius 2 is 1.81 bits per heavy atom. The van der Waals surface area contributed by atoms with Gasteiger partial charge in [-0.2, -0.15) is 0 Å². The molecule has 112 valence electrons. The summed E-state index contributed by atoms with van der Waals surface area (Å²) in [4.78, 5) is -0.0000945. The third-order valence-corrected chi connectivity index (χ3v) is 4.10. The molecule has 0 heterocycles. The standard InChI is InChI=1S/C14H17N3O3S/c1-9-12(7-10(15)8-14(9)21(16,18)19)17-11-5-3-4-6-13(11)20-2/h3-8,17H,15H2,1-2H3,(H2,16,18,19). The minimum absolute atomic E-state index is 0.0000945. The predicted octanol–water partition coefficient (Wildman–Crippen LogP) is 1.98. The SMILES string of the molecule is COc1ccccc1Nc1cc(N)cc(S(N)(=O)=O)c1C. The highest BCUT2D eigenvalue weighted by atomic mass is 32.2. The predicted molar refractivity (Wildman–Crippen MR) is 83.2 cm³/mol. The van der Waals surface area contributed by atoms with Crippen LogP contribution in [0.25, 0.3) is 0 Å². The molecular formula is C14H17N3O3S. The van der Waals surface area contributed by atoms with Crippen LogP contribution in [0.4, 0.5) is 17.1 Å². The van der Waals surface area contributed by atoms with E-state index in [-0.39, 0.29) is 4.90 Å². The fraction of sp³-hybridized carbons (Fsp3) is 0.143. The zero-order valence-corrected chi connectivity index (χ0v) is 12.6. The van der Waals surface area contributed by atoms with E-state index in [1.807, 2.05) is 18.2 Å². The van der Waals surface area contributed by atoms with E-state index in [0.717, 1.165) is 0 Å². The number of anilines is 3. The summed E-state index contributed by atoms with van der Waals surface area (Å²) < 4.78 is 28.5. The van der Waals surface area contributed by atoms with Crippen molar-refractivity contribution in [2.75, 3.05) is 18.2 Å². The summed E-state index contributed by atoms with van der Waals surface area (Å²) in [5, 5.41) is 8.33. The number of sulfonamides is 1. The number of methoxy groups -OCH3 is 1. The van der Waals surface area contributed by atoms with Crippen LogP contribution >= 0.6 is 0 Å². The summed E-state index contributed by atoms with van der Waals surface area (Å²) >= 11 is 0. The molecule has 0 saturated carbocycles. The average molecular weight is 307 g/mol. The zero-order chi connectivity index (χ0) is 15.6. The first-order valence-electron chi connectivity index (χ1n) is 6.16. The largest absolute Gasteiger partial charge is 0.495 e. The van der Waals surface area contributed by atoms with E-state index in [0.29, 0.717) is 28.4 Å². The number of rotatable bonds is 4. The Bertz CT molecular complexity index is 773. The lowest BCUT2D eigenvalue weighted by molar-refractivity contribution is 0.417. The average Bonchev–Trinajstić information content (AvgIpc) is 2.42. The lowest BCUT2D eigenvalue weighted by Gasteiger charge is -2.15. The first kappa shape index (κ1) is 15.1. The third kappa shape index (κ3) is 3.26. The molecule has 0 spiro atoms. The number of ether oxygens (including phenoxy) is 1. The van der Waals surface area contributed by atoms with Gasteiger partial charge in [-0.3, -0.25) is 0 Å². The lowest BCUT2D eigenvalue weighted by Crippen LogP contribution is -2.15. The highest BCUT2D eigenvalue weighted by molar-refractivity contribution is 7.89. The summed E-state index contributed by atoms with van der Waals surface area (Å²) in [6.07, 6.45) is 0. The van der Waals surface area contributed by atoms with E-state index in [9.17, 15) is 8.42 Å². The molecule has 2 aromatic rings. The van der Waals surface area contributed by atoms with Crippen LogP contribution < -0.4 is 20.9 Å². The molecule has 0 amide bonds. The van der Waals surface area contributed by atoms with Crippen molar-refractivity contribution < 1.29 is 13.2 Å². The van der Waals surface area contributed by atoms with Crippen LogP contribution in [0.1, 0.15) is 5.56 Å². The van der Waals surface area contributed by atoms with Crippen molar-refractivity contribution in [3.8, 4) is 5.75 Å². The minimum atomic E-state index is -3.84. The fourth-order valence-corrected chi connectivity index (χ4v) is 2.86. The van der Waals surface area contributed by atoms with Crippen molar-refractivity contribution in [2.24, 2.45) is 5.14 Å². The van der Waals surface area contributed by atoms with Crippen molar-refractivity contribution >= 4 is 27.1 Å². The highest BCUT2D eigenvalue weighted by Gasteiger charge is 2.16. The smallest absolute Gasteiger partial charge is 0.238 e. The molecule has 0 aromatic heterocycles. The summed E-state index contributed by atoms with van der Waals surface area (Å²) in [5.74, 6) is 0.636. The van der Waals surface area contributed by atoms with Crippen LogP contribution in [0.3, 0.4) is 0 Å². The van der Waals surface area contributed by atoms with Crippen molar-refractivity contribution in [1.82, 2.24) is 0 Å². The van der Waals surface area contributed by atoms with E-state index in [1.165, 1.54) is 6.07 Å². The molecule has 0 atom stereocenters. The Morgan fingerprint density at radius 3 is 2.43 bits per heavy atom. The maximum absolute atomic E-state index is 11.6. The third-order valence-electron chi connectivity index (χ3n) is 3.07. The molecule has 5 N–H and O–H groups in total. The first-order valence-corrected chi connectivity index (χ1v) is 7.70. The fourth-order valence-electron chi connectivity index (χ4n) is 2.03. The van der Waals surface area contributed by atoms with Gasteiger partial charge in [0.2, 0.25) is 10.0 Å². The van der Waals surface area contributed by atoms with Gasteiger partial charge in [-0.1, -0.05) is 12.1 Å². The van der Waals surface area contributed by atoms with Crippen molar-refractivity contribution in [2.45, 2.75) is 11.8 Å². The number of nitrogens with two attached hydrogens (primary N) is 2. The number of primary sulfonamides is 1. The Labute approximate surface area is 123 Å². The first-order chi connectivity index (χ1) is 9.82. The normalized spacial score (nSPS) is 11.2. The van der Waals surface area contributed by atoms with Crippen LogP contribution in [-0.2, 0) is 10.0 Å². The molecular weight excluding hydrogens is 290 g/mol. The van der Waals surface area contributed by atoms with Gasteiger partial charge in [0.15, 0.2) is 0 Å². The summed E-state index contributed by atoms with van der Waals surface area (Å²) in [7, 11) is -2.28. The second-order valence-electron chi connectivity index (χ2n) is 4.56. The summed E-state index contributed by atoms with van der Waals surface area (Å²) in [6.45, 7) is 1.66. The summed E-state index contributed by atoms with van der Waals surface area (Å²) in [6, 6.07) is 10.3. The zero-order valence-electron chi connectivity index (χ0n) is 11.8. The number of nitrogen functional groups attached to an aromatic ring is 1. The van der Waals surface area contributed by atoms with Gasteiger partial charge in [-0.05, 0) is 36.8 Å². The number of para-hydroxylation sites is 2. The number of benzene rings is 2. The van der Waals surface area contributed by atoms with Crippen molar-refractivity contribution in [1.29, 1.82) is 0 Å². The molecule has 0 saturated heterocycles. The van der Waals surface area contributed by atoms with Crippen LogP contribution in [0.2, 0.25) is 0 Å². The van der Waals surface area contributed by atoms with Crippen LogP contribution in [0, 0.1) is 6.92 Å². The minimum Gasteiger partial charge on any atom is -0.495 e. The van der Waals surface area contributed by atoms with Crippen LogP contribution in [0.5, 0.6) is 5.75 Å². The second kappa shape index (κ2) is 5.63. The molecule has 0 aliphatic heterocycles. The topological polar surface area (TPSA) is 107 Å². The molecule has 2 rings (SSSR count). The van der Waals surface area contributed by atoms with E-state index >= 15 is 0 Å². The molecule has 2 aromatic carbocycles. The Hall–Kier alpha value is -2.25. The number of hydrogen-bond donors (Lipinski definition) is 3. The molecule has 0 fully saturated rings. The van der Waals surface area contributed by atoms with E-state index in [4.69, 9.17) is 15.6 Å². The molecule has 0 bridgehead atoms. The Morgan fingerprint density at radius 1 is 1.14 bits per heavy atom. The Kier molecular flexibility index (Phi) is 4.06. The maximum atomic E-state index is 11.6. The second-order valence-corrected chi connectivity index (χ2v) is 6.09. The van der Waals surface area contributed by atoms with Gasteiger partial charge in [-0.25, -0.2) is 13.6 Å². The van der Waals surface area contributed by atoms with E-state index in [1.54, 1.807) is 26.2 Å². The molecule has 6 nitrogen and oxygen atoms in total. The van der Waals surface area contributed by atoms with Gasteiger partial charge >= 0.3 is 0 Å². The number of hydrogen-bond acceptors (Lipinski definition) is 5. The van der Waals surface area contributed by atoms with Gasteiger partial charge < -0.3 is 15.8 Å². The monoisotopic (exact) mass is 307 g/mol. The van der Waals surface area contributed by atoms with Gasteiger partial charge in [0, 0.05) is 11.4 Å². The molecule has 0 aliphatic carbocycles. The van der Waals surface area contributed by atoms with Gasteiger partial charge in [0.1, 0.15) is 5.75 Å². The molecule has 0 radical (unpaired) electrons. The van der Waals surface area contributed by atoms with Gasteiger partial charge in [0.05, 0.1) is 17.7 Å².